The molecule has 0 amide bonds. The van der Waals surface area contributed by atoms with Crippen molar-refractivity contribution in [3.8, 4) is 5.69 Å². The van der Waals surface area contributed by atoms with Gasteiger partial charge in [0.2, 0.25) is 0 Å². The lowest BCUT2D eigenvalue weighted by Gasteiger charge is -2.33. The molecule has 2 heterocycles. The van der Waals surface area contributed by atoms with Crippen molar-refractivity contribution >= 4 is 47.4 Å². The maximum atomic E-state index is 13.0. The summed E-state index contributed by atoms with van der Waals surface area (Å²) in [6.07, 6.45) is 4.32. The van der Waals surface area contributed by atoms with Gasteiger partial charge in [-0.15, -0.1) is 46.2 Å². The van der Waals surface area contributed by atoms with Gasteiger partial charge < -0.3 is 5.32 Å². The van der Waals surface area contributed by atoms with Crippen LogP contribution in [-0.4, -0.2) is 54.5 Å². The van der Waals surface area contributed by atoms with E-state index < -0.39 is 10.2 Å². The monoisotopic (exact) mass is 473 g/mol. The first-order chi connectivity index (χ1) is 12.0. The van der Waals surface area contributed by atoms with Gasteiger partial charge in [0.25, 0.3) is 0 Å². The molecule has 2 fully saturated rings. The summed E-state index contributed by atoms with van der Waals surface area (Å²) in [7, 11) is -4.69. The zero-order chi connectivity index (χ0) is 17.4. The van der Waals surface area contributed by atoms with Crippen LogP contribution in [0.2, 0.25) is 0 Å². The summed E-state index contributed by atoms with van der Waals surface area (Å²) in [6, 6.07) is 5.81. The van der Waals surface area contributed by atoms with Gasteiger partial charge in [0.05, 0.1) is 22.8 Å². The van der Waals surface area contributed by atoms with Gasteiger partial charge in [0.1, 0.15) is 5.69 Å². The van der Waals surface area contributed by atoms with Crippen molar-refractivity contribution in [3.05, 3.63) is 36.2 Å². The summed E-state index contributed by atoms with van der Waals surface area (Å²) < 4.78 is 36.4. The van der Waals surface area contributed by atoms with Gasteiger partial charge >= 0.3 is 10.2 Å². The van der Waals surface area contributed by atoms with Gasteiger partial charge in [0.15, 0.2) is 0 Å². The molecule has 1 aliphatic heterocycles. The molecule has 1 aromatic heterocycles. The van der Waals surface area contributed by atoms with Crippen molar-refractivity contribution in [2.45, 2.75) is 23.8 Å². The fourth-order valence-electron chi connectivity index (χ4n) is 3.40. The van der Waals surface area contributed by atoms with E-state index in [1.54, 1.807) is 4.68 Å². The van der Waals surface area contributed by atoms with Crippen molar-refractivity contribution in [1.82, 2.24) is 25.2 Å². The molecule has 2 aromatic rings. The molecule has 2 aliphatic rings. The van der Waals surface area contributed by atoms with Gasteiger partial charge in [-0.05, 0) is 43.0 Å². The third kappa shape index (κ3) is 5.55. The largest absolute Gasteiger partial charge is 0.332 e. The second-order valence-corrected chi connectivity index (χ2v) is 7.94. The van der Waals surface area contributed by atoms with Gasteiger partial charge in [-0.25, -0.2) is 4.68 Å². The van der Waals surface area contributed by atoms with Crippen LogP contribution in [0.15, 0.2) is 35.4 Å². The zero-order valence-corrected chi connectivity index (χ0v) is 18.2. The maximum Gasteiger partial charge on any atom is 0.332 e. The molecular formula is C16H23Cl3FN5O2S. The van der Waals surface area contributed by atoms with Crippen LogP contribution >= 0.6 is 37.2 Å². The van der Waals surface area contributed by atoms with E-state index in [9.17, 15) is 12.3 Å². The first-order valence-corrected chi connectivity index (χ1v) is 9.83. The summed E-state index contributed by atoms with van der Waals surface area (Å²) in [5.41, 5.74) is 1.59. The number of nitrogens with zero attached hydrogens (tertiary/aromatic N) is 4. The Kier molecular flexibility index (Phi) is 9.11. The maximum absolute atomic E-state index is 13.0. The number of piperazine rings is 1. The Morgan fingerprint density at radius 1 is 1.07 bits per heavy atom. The second-order valence-electron chi connectivity index (χ2n) is 6.59. The lowest BCUT2D eigenvalue weighted by molar-refractivity contribution is 0.153. The standard InChI is InChI=1S/C16H20FN5O2S.3ClH/c17-25(23,24)14-5-3-13(4-6-14)22-11-15(19-20-22)16(12-1-2-12)21-9-7-18-8-10-21;;;/h3-6,11-12,16,18H,1-2,7-10H2;3*1H. The molecule has 28 heavy (non-hydrogen) atoms. The minimum atomic E-state index is -4.69. The minimum Gasteiger partial charge on any atom is -0.314 e. The normalized spacial score (nSPS) is 18.3. The van der Waals surface area contributed by atoms with Gasteiger partial charge in [-0.2, -0.15) is 8.42 Å². The van der Waals surface area contributed by atoms with E-state index in [2.05, 4.69) is 20.5 Å². The lowest BCUT2D eigenvalue weighted by atomic mass is 10.1. The second kappa shape index (κ2) is 10.2. The fraction of sp³-hybridized carbons (Fsp3) is 0.500. The number of aromatic nitrogens is 3. The molecule has 1 N–H and O–H groups in total. The van der Waals surface area contributed by atoms with Gasteiger partial charge in [-0.1, -0.05) is 5.21 Å². The summed E-state index contributed by atoms with van der Waals surface area (Å²) in [4.78, 5) is 2.11. The molecule has 7 nitrogen and oxygen atoms in total. The number of hydrogen-bond donors (Lipinski definition) is 1. The summed E-state index contributed by atoms with van der Waals surface area (Å²) in [5, 5.41) is 11.9. The molecule has 158 valence electrons. The first kappa shape index (κ1) is 25.1. The Morgan fingerprint density at radius 2 is 1.68 bits per heavy atom. The van der Waals surface area contributed by atoms with Gasteiger partial charge in [-0.3, -0.25) is 4.90 Å². The van der Waals surface area contributed by atoms with Crippen LogP contribution in [0.5, 0.6) is 0 Å². The Labute approximate surface area is 182 Å². The highest BCUT2D eigenvalue weighted by Crippen LogP contribution is 2.44. The van der Waals surface area contributed by atoms with Crippen LogP contribution in [-0.2, 0) is 10.2 Å². The quantitative estimate of drug-likeness (QED) is 0.671. The van der Waals surface area contributed by atoms with Crippen molar-refractivity contribution in [2.75, 3.05) is 26.2 Å². The van der Waals surface area contributed by atoms with E-state index in [-0.39, 0.29) is 48.2 Å². The molecule has 1 aliphatic carbocycles. The Bertz CT molecular complexity index is 855. The highest BCUT2D eigenvalue weighted by Gasteiger charge is 2.38. The molecule has 0 bridgehead atoms. The summed E-state index contributed by atoms with van der Waals surface area (Å²) in [5.74, 6) is 0.627. The average molecular weight is 475 g/mol. The fourth-order valence-corrected chi connectivity index (χ4v) is 3.86. The third-order valence-corrected chi connectivity index (χ3v) is 5.65. The topological polar surface area (TPSA) is 80.1 Å². The van der Waals surface area contributed by atoms with Gasteiger partial charge in [0, 0.05) is 26.2 Å². The van der Waals surface area contributed by atoms with Crippen LogP contribution in [0.25, 0.3) is 5.69 Å². The molecule has 12 heteroatoms. The Balaban J connectivity index is 0.00000131. The van der Waals surface area contributed by atoms with E-state index in [1.165, 1.54) is 37.1 Å². The Morgan fingerprint density at radius 3 is 2.21 bits per heavy atom. The zero-order valence-electron chi connectivity index (χ0n) is 14.9. The van der Waals surface area contributed by atoms with E-state index in [4.69, 9.17) is 0 Å². The smallest absolute Gasteiger partial charge is 0.314 e. The number of halogens is 4. The van der Waals surface area contributed by atoms with Crippen molar-refractivity contribution in [2.24, 2.45) is 5.92 Å². The van der Waals surface area contributed by atoms with Crippen LogP contribution in [0.1, 0.15) is 24.6 Å². The van der Waals surface area contributed by atoms with Crippen molar-refractivity contribution in [1.29, 1.82) is 0 Å². The molecule has 0 radical (unpaired) electrons. The molecular weight excluding hydrogens is 452 g/mol. The molecule has 0 spiro atoms. The number of nitrogens with one attached hydrogen (secondary N) is 1. The van der Waals surface area contributed by atoms with Crippen LogP contribution in [0.3, 0.4) is 0 Å². The average Bonchev–Trinajstić information content (AvgIpc) is 3.32. The van der Waals surface area contributed by atoms with E-state index in [1.807, 2.05) is 6.20 Å². The molecule has 4 rings (SSSR count). The number of rotatable bonds is 5. The molecule has 1 aromatic carbocycles. The van der Waals surface area contributed by atoms with Crippen molar-refractivity contribution in [3.63, 3.8) is 0 Å². The highest BCUT2D eigenvalue weighted by atomic mass is 35.5. The molecule has 1 unspecified atom stereocenters. The first-order valence-electron chi connectivity index (χ1n) is 8.44. The number of hydrogen-bond acceptors (Lipinski definition) is 6. The van der Waals surface area contributed by atoms with E-state index in [0.717, 1.165) is 31.9 Å². The predicted octanol–water partition coefficient (Wildman–Crippen LogP) is 2.55. The Hall–Kier alpha value is -0.970. The summed E-state index contributed by atoms with van der Waals surface area (Å²) >= 11 is 0. The SMILES string of the molecule is Cl.Cl.Cl.O=S(=O)(F)c1ccc(-n2cc(C(C3CC3)N3CCNCC3)nn2)cc1. The van der Waals surface area contributed by atoms with Crippen LogP contribution in [0.4, 0.5) is 3.89 Å². The van der Waals surface area contributed by atoms with Crippen LogP contribution in [0, 0.1) is 5.92 Å². The number of benzene rings is 1. The van der Waals surface area contributed by atoms with E-state index in [0.29, 0.717) is 11.6 Å². The molecule has 1 atom stereocenters. The van der Waals surface area contributed by atoms with Crippen molar-refractivity contribution < 1.29 is 12.3 Å². The predicted molar refractivity (Wildman–Crippen MR) is 111 cm³/mol. The van der Waals surface area contributed by atoms with Crippen LogP contribution < -0.4 is 5.32 Å². The summed E-state index contributed by atoms with van der Waals surface area (Å²) in [6.45, 7) is 3.96. The molecule has 1 saturated heterocycles. The minimum absolute atomic E-state index is 0. The highest BCUT2D eigenvalue weighted by molar-refractivity contribution is 7.86. The third-order valence-electron chi connectivity index (χ3n) is 4.81. The molecule has 1 saturated carbocycles. The lowest BCUT2D eigenvalue weighted by Crippen LogP contribution is -2.45. The van der Waals surface area contributed by atoms with E-state index >= 15 is 0 Å².